The van der Waals surface area contributed by atoms with E-state index in [4.69, 9.17) is 4.74 Å². The van der Waals surface area contributed by atoms with Crippen molar-refractivity contribution in [2.45, 2.75) is 31.9 Å². The van der Waals surface area contributed by atoms with Crippen LogP contribution < -0.4 is 10.1 Å². The number of aliphatic hydroxyl groups excluding tert-OH is 1. The average molecular weight is 524 g/mol. The fourth-order valence-electron chi connectivity index (χ4n) is 4.98. The normalized spacial score (nSPS) is 16.6. The predicted molar refractivity (Wildman–Crippen MR) is 131 cm³/mol. The summed E-state index contributed by atoms with van der Waals surface area (Å²) in [6, 6.07) is 6.16. The Kier molecular flexibility index (Phi) is 8.49. The Labute approximate surface area is 212 Å². The van der Waals surface area contributed by atoms with Crippen molar-refractivity contribution in [3.05, 3.63) is 65.4 Å². The maximum Gasteiger partial charge on any atom is 0.152 e. The number of methoxy groups -OCH3 is 1. The standard InChI is InChI=1S/C27H30F5N3O2/c1-37-18-2-3-24-19(14-18)25(23(32)15-34-24)20(29)4-5-27(16-36)6-9-35(10-7-27)11-8-33-26-21(30)12-17(28)13-22(26)31/h2-3,12-15,20,33,36H,4-11,16H2,1H3/t20-/m0/s1. The molecule has 0 spiro atoms. The molecule has 1 aliphatic heterocycles. The minimum absolute atomic E-state index is 0.0402. The lowest BCUT2D eigenvalue weighted by Gasteiger charge is -2.41. The van der Waals surface area contributed by atoms with Gasteiger partial charge in [0.2, 0.25) is 0 Å². The molecule has 0 amide bonds. The van der Waals surface area contributed by atoms with E-state index in [2.05, 4.69) is 15.2 Å². The summed E-state index contributed by atoms with van der Waals surface area (Å²) in [6.07, 6.45) is 1.05. The van der Waals surface area contributed by atoms with Crippen molar-refractivity contribution in [3.63, 3.8) is 0 Å². The number of nitrogens with one attached hydrogen (secondary N) is 1. The molecular weight excluding hydrogens is 493 g/mol. The van der Waals surface area contributed by atoms with Gasteiger partial charge in [-0.15, -0.1) is 0 Å². The third kappa shape index (κ3) is 6.13. The van der Waals surface area contributed by atoms with Crippen molar-refractivity contribution in [1.29, 1.82) is 0 Å². The number of hydrogen-bond donors (Lipinski definition) is 2. The number of fused-ring (bicyclic) bond motifs is 1. The number of halogens is 5. The first kappa shape index (κ1) is 27.1. The Hall–Kier alpha value is -2.98. The van der Waals surface area contributed by atoms with Gasteiger partial charge in [-0.3, -0.25) is 4.98 Å². The third-order valence-electron chi connectivity index (χ3n) is 7.30. The van der Waals surface area contributed by atoms with Crippen molar-refractivity contribution < 1.29 is 31.8 Å². The summed E-state index contributed by atoms with van der Waals surface area (Å²) in [5, 5.41) is 13.2. The summed E-state index contributed by atoms with van der Waals surface area (Å²) < 4.78 is 75.9. The zero-order valence-corrected chi connectivity index (χ0v) is 20.5. The number of rotatable bonds is 10. The molecule has 3 aromatic rings. The first-order valence-corrected chi connectivity index (χ1v) is 12.2. The molecule has 37 heavy (non-hydrogen) atoms. The molecule has 0 aliphatic carbocycles. The van der Waals surface area contributed by atoms with Crippen LogP contribution in [0.4, 0.5) is 27.6 Å². The van der Waals surface area contributed by atoms with Crippen molar-refractivity contribution in [2.75, 3.05) is 45.2 Å². The highest BCUT2D eigenvalue weighted by Crippen LogP contribution is 2.40. The van der Waals surface area contributed by atoms with Crippen LogP contribution in [-0.2, 0) is 0 Å². The van der Waals surface area contributed by atoms with E-state index in [1.807, 2.05) is 0 Å². The summed E-state index contributed by atoms with van der Waals surface area (Å²) in [7, 11) is 1.48. The largest absolute Gasteiger partial charge is 0.497 e. The number of piperidine rings is 1. The van der Waals surface area contributed by atoms with Crippen molar-refractivity contribution in [2.24, 2.45) is 5.41 Å². The lowest BCUT2D eigenvalue weighted by atomic mass is 9.74. The van der Waals surface area contributed by atoms with E-state index in [9.17, 15) is 22.7 Å². The number of benzene rings is 2. The van der Waals surface area contributed by atoms with Gasteiger partial charge in [-0.25, -0.2) is 22.0 Å². The highest BCUT2D eigenvalue weighted by molar-refractivity contribution is 5.84. The van der Waals surface area contributed by atoms with Gasteiger partial charge in [0.05, 0.1) is 18.8 Å². The number of alkyl halides is 1. The van der Waals surface area contributed by atoms with Gasteiger partial charge >= 0.3 is 0 Å². The summed E-state index contributed by atoms with van der Waals surface area (Å²) in [6.45, 7) is 1.83. The second-order valence-corrected chi connectivity index (χ2v) is 9.58. The Morgan fingerprint density at radius 1 is 1.08 bits per heavy atom. The molecule has 0 unspecified atom stereocenters. The van der Waals surface area contributed by atoms with Gasteiger partial charge in [0.1, 0.15) is 29.2 Å². The third-order valence-corrected chi connectivity index (χ3v) is 7.30. The van der Waals surface area contributed by atoms with Gasteiger partial charge in [-0.05, 0) is 62.4 Å². The first-order chi connectivity index (χ1) is 17.7. The molecular formula is C27H30F5N3O2. The van der Waals surface area contributed by atoms with Crippen LogP contribution in [0.5, 0.6) is 5.75 Å². The summed E-state index contributed by atoms with van der Waals surface area (Å²) in [5.74, 6) is -3.21. The molecule has 4 rings (SSSR count). The Morgan fingerprint density at radius 2 is 1.78 bits per heavy atom. The highest BCUT2D eigenvalue weighted by atomic mass is 19.2. The van der Waals surface area contributed by atoms with Crippen LogP contribution in [0.25, 0.3) is 10.9 Å². The van der Waals surface area contributed by atoms with Crippen LogP contribution in [0.2, 0.25) is 0 Å². The topological polar surface area (TPSA) is 57.6 Å². The summed E-state index contributed by atoms with van der Waals surface area (Å²) in [5.41, 5.74) is -0.453. The van der Waals surface area contributed by atoms with E-state index in [1.54, 1.807) is 18.2 Å². The fraction of sp³-hybridized carbons (Fsp3) is 0.444. The monoisotopic (exact) mass is 523 g/mol. The molecule has 1 aromatic heterocycles. The van der Waals surface area contributed by atoms with Crippen LogP contribution in [0, 0.1) is 28.7 Å². The zero-order valence-electron chi connectivity index (χ0n) is 20.5. The summed E-state index contributed by atoms with van der Waals surface area (Å²) in [4.78, 5) is 6.12. The van der Waals surface area contributed by atoms with Crippen LogP contribution in [0.3, 0.4) is 0 Å². The van der Waals surface area contributed by atoms with E-state index >= 15 is 4.39 Å². The quantitative estimate of drug-likeness (QED) is 0.330. The van der Waals surface area contributed by atoms with E-state index in [0.29, 0.717) is 67.7 Å². The highest BCUT2D eigenvalue weighted by Gasteiger charge is 2.35. The van der Waals surface area contributed by atoms with Gasteiger partial charge in [0.15, 0.2) is 11.6 Å². The number of pyridine rings is 1. The van der Waals surface area contributed by atoms with Gasteiger partial charge in [0, 0.05) is 42.8 Å². The number of aliphatic hydroxyl groups is 1. The Bertz CT molecular complexity index is 1210. The minimum atomic E-state index is -1.58. The zero-order chi connectivity index (χ0) is 26.6. The van der Waals surface area contributed by atoms with Gasteiger partial charge in [-0.2, -0.15) is 0 Å². The minimum Gasteiger partial charge on any atom is -0.497 e. The second kappa shape index (κ2) is 11.6. The van der Waals surface area contributed by atoms with E-state index in [1.165, 1.54) is 7.11 Å². The molecule has 1 saturated heterocycles. The maximum absolute atomic E-state index is 15.4. The van der Waals surface area contributed by atoms with Crippen molar-refractivity contribution >= 4 is 16.6 Å². The lowest BCUT2D eigenvalue weighted by Crippen LogP contribution is -2.43. The number of hydrogen-bond acceptors (Lipinski definition) is 5. The molecule has 0 saturated carbocycles. The van der Waals surface area contributed by atoms with Gasteiger partial charge in [0.25, 0.3) is 0 Å². The fourth-order valence-corrected chi connectivity index (χ4v) is 4.98. The molecule has 1 atom stereocenters. The lowest BCUT2D eigenvalue weighted by molar-refractivity contribution is 0.0314. The van der Waals surface area contributed by atoms with Gasteiger partial charge in [-0.1, -0.05) is 0 Å². The smallest absolute Gasteiger partial charge is 0.152 e. The number of aromatic nitrogens is 1. The van der Waals surface area contributed by atoms with Crippen LogP contribution >= 0.6 is 0 Å². The molecule has 0 radical (unpaired) electrons. The molecule has 2 aromatic carbocycles. The van der Waals surface area contributed by atoms with E-state index < -0.39 is 34.9 Å². The average Bonchev–Trinajstić information content (AvgIpc) is 2.89. The van der Waals surface area contributed by atoms with Crippen molar-refractivity contribution in [3.8, 4) is 5.75 Å². The van der Waals surface area contributed by atoms with Crippen molar-refractivity contribution in [1.82, 2.24) is 9.88 Å². The van der Waals surface area contributed by atoms with Crippen LogP contribution in [-0.4, -0.2) is 54.9 Å². The first-order valence-electron chi connectivity index (χ1n) is 12.2. The SMILES string of the molecule is COc1ccc2ncc(F)c([C@@H](F)CCC3(CO)CCN(CCNc4c(F)cc(F)cc4F)CC3)c2c1. The van der Waals surface area contributed by atoms with E-state index in [0.717, 1.165) is 6.20 Å². The van der Waals surface area contributed by atoms with Crippen LogP contribution in [0.1, 0.15) is 37.4 Å². The molecule has 2 N–H and O–H groups in total. The predicted octanol–water partition coefficient (Wildman–Crippen LogP) is 5.78. The second-order valence-electron chi connectivity index (χ2n) is 9.58. The number of ether oxygens (including phenoxy) is 1. The van der Waals surface area contributed by atoms with Gasteiger partial charge < -0.3 is 20.1 Å². The number of anilines is 1. The summed E-state index contributed by atoms with van der Waals surface area (Å²) >= 11 is 0. The molecule has 200 valence electrons. The maximum atomic E-state index is 15.4. The number of likely N-dealkylation sites (tertiary alicyclic amines) is 1. The molecule has 0 bridgehead atoms. The molecule has 5 nitrogen and oxygen atoms in total. The van der Waals surface area contributed by atoms with Crippen LogP contribution in [0.15, 0.2) is 36.5 Å². The molecule has 1 aliphatic rings. The Morgan fingerprint density at radius 3 is 2.43 bits per heavy atom. The number of nitrogens with zero attached hydrogens (tertiary/aromatic N) is 2. The molecule has 10 heteroatoms. The molecule has 1 fully saturated rings. The molecule has 2 heterocycles. The Balaban J connectivity index is 1.33. The van der Waals surface area contributed by atoms with E-state index in [-0.39, 0.29) is 30.8 Å².